The number of hydrogen-bond acceptors (Lipinski definition) is 3. The Balaban J connectivity index is 1.88. The lowest BCUT2D eigenvalue weighted by Crippen LogP contribution is -2.33. The van der Waals surface area contributed by atoms with Gasteiger partial charge in [-0.25, -0.2) is 4.79 Å². The molecule has 0 bridgehead atoms. The summed E-state index contributed by atoms with van der Waals surface area (Å²) in [5.74, 6) is 0.845. The third-order valence-corrected chi connectivity index (χ3v) is 3.34. The smallest absolute Gasteiger partial charge is 0.410 e. The van der Waals surface area contributed by atoms with Crippen LogP contribution in [0, 0.1) is 5.92 Å². The van der Waals surface area contributed by atoms with Gasteiger partial charge < -0.3 is 15.0 Å². The van der Waals surface area contributed by atoms with E-state index in [2.05, 4.69) is 17.4 Å². The Morgan fingerprint density at radius 1 is 1.38 bits per heavy atom. The lowest BCUT2D eigenvalue weighted by Gasteiger charge is -2.24. The van der Waals surface area contributed by atoms with E-state index in [9.17, 15) is 4.79 Å². The van der Waals surface area contributed by atoms with Crippen molar-refractivity contribution in [2.75, 3.05) is 18.9 Å². The molecule has 1 amide bonds. The van der Waals surface area contributed by atoms with Crippen LogP contribution in [-0.2, 0) is 11.3 Å². The number of carbonyl (C=O) groups excluding carboxylic acids is 1. The van der Waals surface area contributed by atoms with Crippen LogP contribution in [0.25, 0.3) is 0 Å². The molecule has 0 unspecified atom stereocenters. The molecule has 0 spiro atoms. The van der Waals surface area contributed by atoms with Gasteiger partial charge in [0.05, 0.1) is 0 Å². The fraction of sp³-hybridized carbons (Fsp3) is 0.588. The van der Waals surface area contributed by atoms with Gasteiger partial charge in [0.25, 0.3) is 0 Å². The molecule has 1 aromatic rings. The topological polar surface area (TPSA) is 41.6 Å². The number of benzene rings is 1. The highest BCUT2D eigenvalue weighted by atomic mass is 16.6. The van der Waals surface area contributed by atoms with Gasteiger partial charge in [-0.2, -0.15) is 0 Å². The average molecular weight is 290 g/mol. The highest BCUT2D eigenvalue weighted by Gasteiger charge is 2.21. The number of nitrogens with zero attached hydrogens (tertiary/aromatic N) is 1. The molecule has 1 N–H and O–H groups in total. The summed E-state index contributed by atoms with van der Waals surface area (Å²) in [5, 5.41) is 3.45. The maximum Gasteiger partial charge on any atom is 0.410 e. The monoisotopic (exact) mass is 290 g/mol. The predicted molar refractivity (Wildman–Crippen MR) is 85.4 cm³/mol. The van der Waals surface area contributed by atoms with E-state index in [0.29, 0.717) is 6.54 Å². The Bertz CT molecular complexity index is 490. The van der Waals surface area contributed by atoms with Gasteiger partial charge in [-0.1, -0.05) is 12.1 Å². The third kappa shape index (κ3) is 5.66. The van der Waals surface area contributed by atoms with Crippen LogP contribution in [0.2, 0.25) is 0 Å². The minimum Gasteiger partial charge on any atom is -0.444 e. The summed E-state index contributed by atoms with van der Waals surface area (Å²) < 4.78 is 5.36. The van der Waals surface area contributed by atoms with Crippen molar-refractivity contribution in [3.63, 3.8) is 0 Å². The first-order valence-corrected chi connectivity index (χ1v) is 7.60. The van der Waals surface area contributed by atoms with Gasteiger partial charge in [0, 0.05) is 25.8 Å². The van der Waals surface area contributed by atoms with Crippen LogP contribution in [0.15, 0.2) is 24.3 Å². The minimum atomic E-state index is -0.459. The van der Waals surface area contributed by atoms with Gasteiger partial charge >= 0.3 is 6.09 Å². The van der Waals surface area contributed by atoms with Gasteiger partial charge in [-0.3, -0.25) is 0 Å². The fourth-order valence-electron chi connectivity index (χ4n) is 2.04. The van der Waals surface area contributed by atoms with Crippen molar-refractivity contribution in [2.24, 2.45) is 5.92 Å². The molecule has 0 radical (unpaired) electrons. The van der Waals surface area contributed by atoms with Crippen LogP contribution in [0.4, 0.5) is 10.5 Å². The van der Waals surface area contributed by atoms with Gasteiger partial charge in [-0.05, 0) is 57.2 Å². The van der Waals surface area contributed by atoms with Crippen molar-refractivity contribution in [3.8, 4) is 0 Å². The Morgan fingerprint density at radius 2 is 2.10 bits per heavy atom. The quantitative estimate of drug-likeness (QED) is 0.895. The van der Waals surface area contributed by atoms with E-state index in [0.717, 1.165) is 23.7 Å². The molecule has 1 aliphatic carbocycles. The standard InChI is InChI=1S/C17H26N2O2/c1-17(2,3)21-16(20)19(4)12-14-6-5-7-15(10-14)18-11-13-8-9-13/h5-7,10,13,18H,8-9,11-12H2,1-4H3. The number of nitrogens with one attached hydrogen (secondary N) is 1. The van der Waals surface area contributed by atoms with E-state index >= 15 is 0 Å². The first-order valence-electron chi connectivity index (χ1n) is 7.60. The summed E-state index contributed by atoms with van der Waals surface area (Å²) >= 11 is 0. The molecule has 21 heavy (non-hydrogen) atoms. The SMILES string of the molecule is CN(Cc1cccc(NCC2CC2)c1)C(=O)OC(C)(C)C. The maximum absolute atomic E-state index is 12.0. The highest BCUT2D eigenvalue weighted by molar-refractivity contribution is 5.67. The van der Waals surface area contributed by atoms with E-state index < -0.39 is 5.60 Å². The number of ether oxygens (including phenoxy) is 1. The van der Waals surface area contributed by atoms with Crippen LogP contribution in [0.5, 0.6) is 0 Å². The molecular weight excluding hydrogens is 264 g/mol. The first kappa shape index (κ1) is 15.7. The Labute approximate surface area is 127 Å². The van der Waals surface area contributed by atoms with Crippen molar-refractivity contribution in [1.29, 1.82) is 0 Å². The first-order chi connectivity index (χ1) is 9.83. The molecule has 0 saturated heterocycles. The van der Waals surface area contributed by atoms with E-state index in [1.807, 2.05) is 32.9 Å². The second-order valence-electron chi connectivity index (χ2n) is 6.86. The van der Waals surface area contributed by atoms with Gasteiger partial charge in [0.2, 0.25) is 0 Å². The number of amides is 1. The summed E-state index contributed by atoms with van der Waals surface area (Å²) in [6, 6.07) is 8.22. The van der Waals surface area contributed by atoms with Crippen molar-refractivity contribution < 1.29 is 9.53 Å². The van der Waals surface area contributed by atoms with Crippen molar-refractivity contribution >= 4 is 11.8 Å². The zero-order chi connectivity index (χ0) is 15.5. The molecule has 1 saturated carbocycles. The molecule has 1 fully saturated rings. The molecule has 0 heterocycles. The average Bonchev–Trinajstić information content (AvgIpc) is 3.18. The second kappa shape index (κ2) is 6.37. The summed E-state index contributed by atoms with van der Waals surface area (Å²) in [6.45, 7) is 7.22. The molecular formula is C17H26N2O2. The van der Waals surface area contributed by atoms with Crippen LogP contribution in [-0.4, -0.2) is 30.2 Å². The van der Waals surface area contributed by atoms with Gasteiger partial charge in [-0.15, -0.1) is 0 Å². The van der Waals surface area contributed by atoms with Crippen molar-refractivity contribution in [3.05, 3.63) is 29.8 Å². The second-order valence-corrected chi connectivity index (χ2v) is 6.86. The van der Waals surface area contributed by atoms with Crippen LogP contribution in [0.1, 0.15) is 39.2 Å². The molecule has 1 aromatic carbocycles. The van der Waals surface area contributed by atoms with Gasteiger partial charge in [0.15, 0.2) is 0 Å². The molecule has 0 aliphatic heterocycles. The third-order valence-electron chi connectivity index (χ3n) is 3.34. The lowest BCUT2D eigenvalue weighted by molar-refractivity contribution is 0.0285. The van der Waals surface area contributed by atoms with Crippen LogP contribution >= 0.6 is 0 Å². The van der Waals surface area contributed by atoms with Crippen molar-refractivity contribution in [2.45, 2.75) is 45.8 Å². The molecule has 2 rings (SSSR count). The Kier molecular flexibility index (Phi) is 4.76. The zero-order valence-electron chi connectivity index (χ0n) is 13.5. The van der Waals surface area contributed by atoms with Gasteiger partial charge in [0.1, 0.15) is 5.60 Å². The van der Waals surface area contributed by atoms with Crippen molar-refractivity contribution in [1.82, 2.24) is 4.90 Å². The lowest BCUT2D eigenvalue weighted by atomic mass is 10.2. The van der Waals surface area contributed by atoms with E-state index in [1.54, 1.807) is 11.9 Å². The molecule has 116 valence electrons. The van der Waals surface area contributed by atoms with Crippen LogP contribution in [0.3, 0.4) is 0 Å². The highest BCUT2D eigenvalue weighted by Crippen LogP contribution is 2.29. The molecule has 0 aromatic heterocycles. The Hall–Kier alpha value is -1.71. The Morgan fingerprint density at radius 3 is 2.71 bits per heavy atom. The molecule has 1 aliphatic rings. The summed E-state index contributed by atoms with van der Waals surface area (Å²) in [4.78, 5) is 13.6. The maximum atomic E-state index is 12.0. The van der Waals surface area contributed by atoms with E-state index in [-0.39, 0.29) is 6.09 Å². The van der Waals surface area contributed by atoms with E-state index in [1.165, 1.54) is 12.8 Å². The van der Waals surface area contributed by atoms with E-state index in [4.69, 9.17) is 4.74 Å². The largest absolute Gasteiger partial charge is 0.444 e. The molecule has 0 atom stereocenters. The zero-order valence-corrected chi connectivity index (χ0v) is 13.5. The number of anilines is 1. The van der Waals surface area contributed by atoms with Crippen LogP contribution < -0.4 is 5.32 Å². The number of rotatable bonds is 5. The normalized spacial score (nSPS) is 14.7. The minimum absolute atomic E-state index is 0.293. The predicted octanol–water partition coefficient (Wildman–Crippen LogP) is 3.88. The summed E-state index contributed by atoms with van der Waals surface area (Å²) in [7, 11) is 1.76. The fourth-order valence-corrected chi connectivity index (χ4v) is 2.04. The number of carbonyl (C=O) groups is 1. The summed E-state index contributed by atoms with van der Waals surface area (Å²) in [5.41, 5.74) is 1.76. The molecule has 4 nitrogen and oxygen atoms in total. The summed E-state index contributed by atoms with van der Waals surface area (Å²) in [6.07, 6.45) is 2.39. The number of hydrogen-bond donors (Lipinski definition) is 1. The molecule has 4 heteroatoms.